The van der Waals surface area contributed by atoms with Crippen molar-refractivity contribution in [2.24, 2.45) is 0 Å². The molecule has 78 valence electrons. The lowest BCUT2D eigenvalue weighted by atomic mass is 10.2. The lowest BCUT2D eigenvalue weighted by molar-refractivity contribution is -0.130. The number of nitrogens with one attached hydrogen (secondary N) is 1. The number of carbonyl (C=O) groups excluding carboxylic acids is 1. The topological polar surface area (TPSA) is 41.6 Å². The highest BCUT2D eigenvalue weighted by atomic mass is 16.5. The van der Waals surface area contributed by atoms with E-state index in [2.05, 4.69) is 5.32 Å². The van der Waals surface area contributed by atoms with Gasteiger partial charge in [0, 0.05) is 27.2 Å². The van der Waals surface area contributed by atoms with E-state index >= 15 is 0 Å². The summed E-state index contributed by atoms with van der Waals surface area (Å²) in [4.78, 5) is 13.0. The van der Waals surface area contributed by atoms with Gasteiger partial charge in [-0.1, -0.05) is 0 Å². The molecule has 0 aliphatic carbocycles. The maximum absolute atomic E-state index is 11.4. The van der Waals surface area contributed by atoms with Gasteiger partial charge in [-0.15, -0.1) is 0 Å². The summed E-state index contributed by atoms with van der Waals surface area (Å²) >= 11 is 0. The van der Waals surface area contributed by atoms with Crippen LogP contribution < -0.4 is 5.32 Å². The van der Waals surface area contributed by atoms with E-state index in [0.717, 1.165) is 0 Å². The molecule has 0 aromatic carbocycles. The van der Waals surface area contributed by atoms with Crippen LogP contribution in [0.3, 0.4) is 0 Å². The molecule has 13 heavy (non-hydrogen) atoms. The Balaban J connectivity index is 3.85. The zero-order valence-electron chi connectivity index (χ0n) is 9.13. The van der Waals surface area contributed by atoms with Crippen molar-refractivity contribution in [3.63, 3.8) is 0 Å². The van der Waals surface area contributed by atoms with Gasteiger partial charge in [-0.2, -0.15) is 0 Å². The summed E-state index contributed by atoms with van der Waals surface area (Å²) in [7, 11) is 5.15. The Morgan fingerprint density at radius 3 is 2.38 bits per heavy atom. The van der Waals surface area contributed by atoms with Crippen molar-refractivity contribution in [1.29, 1.82) is 0 Å². The molecule has 0 bridgehead atoms. The molecule has 4 nitrogen and oxygen atoms in total. The standard InChI is InChI=1S/C9H20N2O2/c1-7(6-13-5)10-8(2)9(12)11(3)4/h7-8,10H,6H2,1-5H3. The SMILES string of the molecule is COCC(C)NC(C)C(=O)N(C)C. The van der Waals surface area contributed by atoms with Gasteiger partial charge in [0.15, 0.2) is 0 Å². The highest BCUT2D eigenvalue weighted by molar-refractivity contribution is 5.80. The minimum atomic E-state index is -0.153. The minimum absolute atomic E-state index is 0.0861. The molecule has 1 amide bonds. The first-order valence-corrected chi connectivity index (χ1v) is 4.45. The monoisotopic (exact) mass is 188 g/mol. The predicted octanol–water partition coefficient (Wildman–Crippen LogP) is 0.0876. The smallest absolute Gasteiger partial charge is 0.238 e. The van der Waals surface area contributed by atoms with Crippen LogP contribution in [0.15, 0.2) is 0 Å². The van der Waals surface area contributed by atoms with E-state index < -0.39 is 0 Å². The summed E-state index contributed by atoms with van der Waals surface area (Å²) in [5, 5.41) is 3.15. The molecule has 0 saturated carbocycles. The number of carbonyl (C=O) groups is 1. The van der Waals surface area contributed by atoms with Crippen molar-refractivity contribution in [1.82, 2.24) is 10.2 Å². The maximum atomic E-state index is 11.4. The van der Waals surface area contributed by atoms with E-state index in [4.69, 9.17) is 4.74 Å². The zero-order chi connectivity index (χ0) is 10.4. The van der Waals surface area contributed by atoms with Gasteiger partial charge in [-0.3, -0.25) is 4.79 Å². The third-order valence-electron chi connectivity index (χ3n) is 1.76. The number of likely N-dealkylation sites (N-methyl/N-ethyl adjacent to an activating group) is 1. The highest BCUT2D eigenvalue weighted by Crippen LogP contribution is 1.92. The van der Waals surface area contributed by atoms with Gasteiger partial charge in [0.25, 0.3) is 0 Å². The van der Waals surface area contributed by atoms with Crippen LogP contribution in [0, 0.1) is 0 Å². The second-order valence-electron chi connectivity index (χ2n) is 3.48. The Morgan fingerprint density at radius 2 is 2.00 bits per heavy atom. The summed E-state index contributed by atoms with van der Waals surface area (Å²) < 4.78 is 4.96. The number of rotatable bonds is 5. The normalized spacial score (nSPS) is 15.2. The van der Waals surface area contributed by atoms with E-state index in [1.165, 1.54) is 0 Å². The molecule has 0 aromatic rings. The first kappa shape index (κ1) is 12.4. The number of methoxy groups -OCH3 is 1. The summed E-state index contributed by atoms with van der Waals surface area (Å²) in [5.74, 6) is 0.0861. The maximum Gasteiger partial charge on any atom is 0.238 e. The number of hydrogen-bond acceptors (Lipinski definition) is 3. The molecule has 0 heterocycles. The number of amides is 1. The van der Waals surface area contributed by atoms with E-state index in [-0.39, 0.29) is 18.0 Å². The Morgan fingerprint density at radius 1 is 1.46 bits per heavy atom. The van der Waals surface area contributed by atoms with Crippen LogP contribution in [0.25, 0.3) is 0 Å². The molecule has 0 radical (unpaired) electrons. The summed E-state index contributed by atoms with van der Waals surface area (Å²) in [6.45, 7) is 4.46. The van der Waals surface area contributed by atoms with Gasteiger partial charge in [0.05, 0.1) is 12.6 Å². The van der Waals surface area contributed by atoms with E-state index in [1.807, 2.05) is 13.8 Å². The summed E-state index contributed by atoms with van der Waals surface area (Å²) in [6, 6.07) is 0.0454. The Hall–Kier alpha value is -0.610. The van der Waals surface area contributed by atoms with Crippen molar-refractivity contribution in [2.45, 2.75) is 25.9 Å². The second kappa shape index (κ2) is 5.94. The fourth-order valence-electron chi connectivity index (χ4n) is 1.18. The molecule has 4 heteroatoms. The van der Waals surface area contributed by atoms with Gasteiger partial charge in [0.1, 0.15) is 0 Å². The van der Waals surface area contributed by atoms with Crippen LogP contribution in [0.1, 0.15) is 13.8 Å². The summed E-state index contributed by atoms with van der Waals surface area (Å²) in [5.41, 5.74) is 0. The molecule has 0 spiro atoms. The third-order valence-corrected chi connectivity index (χ3v) is 1.76. The molecule has 0 saturated heterocycles. The van der Waals surface area contributed by atoms with Crippen LogP contribution in [-0.4, -0.2) is 50.7 Å². The average molecular weight is 188 g/mol. The van der Waals surface area contributed by atoms with Gasteiger partial charge in [0.2, 0.25) is 5.91 Å². The molecule has 2 atom stereocenters. The molecule has 0 fully saturated rings. The van der Waals surface area contributed by atoms with Crippen LogP contribution in [0.5, 0.6) is 0 Å². The van der Waals surface area contributed by atoms with Crippen LogP contribution in [0.2, 0.25) is 0 Å². The third kappa shape index (κ3) is 4.85. The molecule has 0 rings (SSSR count). The van der Waals surface area contributed by atoms with Crippen LogP contribution in [-0.2, 0) is 9.53 Å². The lowest BCUT2D eigenvalue weighted by Gasteiger charge is -2.21. The van der Waals surface area contributed by atoms with Crippen molar-refractivity contribution in [2.75, 3.05) is 27.8 Å². The molecular weight excluding hydrogens is 168 g/mol. The Labute approximate surface area is 80.2 Å². The van der Waals surface area contributed by atoms with Gasteiger partial charge >= 0.3 is 0 Å². The fourth-order valence-corrected chi connectivity index (χ4v) is 1.18. The Bertz CT molecular complexity index is 160. The minimum Gasteiger partial charge on any atom is -0.383 e. The molecule has 1 N–H and O–H groups in total. The second-order valence-corrected chi connectivity index (χ2v) is 3.48. The molecule has 0 aromatic heterocycles. The number of ether oxygens (including phenoxy) is 1. The predicted molar refractivity (Wildman–Crippen MR) is 52.6 cm³/mol. The van der Waals surface area contributed by atoms with Crippen molar-refractivity contribution < 1.29 is 9.53 Å². The van der Waals surface area contributed by atoms with Crippen molar-refractivity contribution >= 4 is 5.91 Å². The van der Waals surface area contributed by atoms with Crippen LogP contribution >= 0.6 is 0 Å². The van der Waals surface area contributed by atoms with E-state index in [0.29, 0.717) is 6.61 Å². The van der Waals surface area contributed by atoms with E-state index in [1.54, 1.807) is 26.1 Å². The van der Waals surface area contributed by atoms with Crippen LogP contribution in [0.4, 0.5) is 0 Å². The fraction of sp³-hybridized carbons (Fsp3) is 0.889. The average Bonchev–Trinajstić information content (AvgIpc) is 2.03. The quantitative estimate of drug-likeness (QED) is 0.664. The van der Waals surface area contributed by atoms with Gasteiger partial charge in [-0.05, 0) is 13.8 Å². The number of hydrogen-bond donors (Lipinski definition) is 1. The Kier molecular flexibility index (Phi) is 5.66. The van der Waals surface area contributed by atoms with Crippen molar-refractivity contribution in [3.8, 4) is 0 Å². The first-order chi connectivity index (χ1) is 5.99. The highest BCUT2D eigenvalue weighted by Gasteiger charge is 2.16. The largest absolute Gasteiger partial charge is 0.383 e. The summed E-state index contributed by atoms with van der Waals surface area (Å²) in [6.07, 6.45) is 0. The van der Waals surface area contributed by atoms with E-state index in [9.17, 15) is 4.79 Å². The first-order valence-electron chi connectivity index (χ1n) is 4.45. The molecule has 2 unspecified atom stereocenters. The zero-order valence-corrected chi connectivity index (χ0v) is 9.13. The number of nitrogens with zero attached hydrogens (tertiary/aromatic N) is 1. The molecule has 0 aliphatic heterocycles. The van der Waals surface area contributed by atoms with Gasteiger partial charge < -0.3 is 15.0 Å². The lowest BCUT2D eigenvalue weighted by Crippen LogP contribution is -2.46. The molecular formula is C9H20N2O2. The van der Waals surface area contributed by atoms with Crippen molar-refractivity contribution in [3.05, 3.63) is 0 Å². The van der Waals surface area contributed by atoms with Gasteiger partial charge in [-0.25, -0.2) is 0 Å². The molecule has 0 aliphatic rings.